The van der Waals surface area contributed by atoms with E-state index in [9.17, 15) is 0 Å². The number of aromatic nitrogens is 2. The molecular weight excluding hydrogens is 258 g/mol. The third kappa shape index (κ3) is 4.09. The zero-order chi connectivity index (χ0) is 14.5. The fourth-order valence-electron chi connectivity index (χ4n) is 4.52. The van der Waals surface area contributed by atoms with Gasteiger partial charge in [0.2, 0.25) is 0 Å². The average molecular weight is 289 g/mol. The standard InChI is InChI=1S/C18H31N3/c1-21-14-12-16(20-21)11-13-19-18-10-6-5-9-17(18)15-7-3-2-4-8-15/h12,14-15,17-19H,2-11,13H2,1H3. The van der Waals surface area contributed by atoms with Crippen molar-refractivity contribution in [1.29, 1.82) is 0 Å². The summed E-state index contributed by atoms with van der Waals surface area (Å²) in [6.07, 6.45) is 16.2. The highest BCUT2D eigenvalue weighted by molar-refractivity contribution is 4.99. The van der Waals surface area contributed by atoms with Crippen molar-refractivity contribution in [3.05, 3.63) is 18.0 Å². The molecule has 0 aromatic carbocycles. The van der Waals surface area contributed by atoms with Gasteiger partial charge < -0.3 is 5.32 Å². The van der Waals surface area contributed by atoms with Crippen LogP contribution < -0.4 is 5.32 Å². The zero-order valence-electron chi connectivity index (χ0n) is 13.6. The van der Waals surface area contributed by atoms with Gasteiger partial charge in [-0.05, 0) is 30.7 Å². The molecule has 1 aromatic rings. The summed E-state index contributed by atoms with van der Waals surface area (Å²) < 4.78 is 1.90. The van der Waals surface area contributed by atoms with Crippen molar-refractivity contribution >= 4 is 0 Å². The summed E-state index contributed by atoms with van der Waals surface area (Å²) in [5.41, 5.74) is 1.22. The average Bonchev–Trinajstić information content (AvgIpc) is 2.94. The molecule has 0 spiro atoms. The van der Waals surface area contributed by atoms with Gasteiger partial charge in [0.25, 0.3) is 0 Å². The minimum absolute atomic E-state index is 0.769. The molecule has 2 aliphatic carbocycles. The molecule has 3 rings (SSSR count). The summed E-state index contributed by atoms with van der Waals surface area (Å²) >= 11 is 0. The highest BCUT2D eigenvalue weighted by Crippen LogP contribution is 2.38. The molecule has 0 aliphatic heterocycles. The van der Waals surface area contributed by atoms with Gasteiger partial charge in [0, 0.05) is 32.3 Å². The highest BCUT2D eigenvalue weighted by atomic mass is 15.2. The third-order valence-electron chi connectivity index (χ3n) is 5.63. The Kier molecular flexibility index (Phi) is 5.34. The molecule has 3 heteroatoms. The number of aryl methyl sites for hydroxylation is 1. The van der Waals surface area contributed by atoms with Crippen LogP contribution in [0.1, 0.15) is 63.5 Å². The predicted molar refractivity (Wildman–Crippen MR) is 87.2 cm³/mol. The van der Waals surface area contributed by atoms with Gasteiger partial charge in [-0.25, -0.2) is 0 Å². The number of nitrogens with one attached hydrogen (secondary N) is 1. The van der Waals surface area contributed by atoms with E-state index in [1.807, 2.05) is 17.9 Å². The second kappa shape index (κ2) is 7.44. The Bertz CT molecular complexity index is 420. The van der Waals surface area contributed by atoms with Gasteiger partial charge in [0.1, 0.15) is 0 Å². The third-order valence-corrected chi connectivity index (χ3v) is 5.63. The van der Waals surface area contributed by atoms with E-state index in [1.165, 1.54) is 63.5 Å². The molecule has 3 nitrogen and oxygen atoms in total. The number of nitrogens with zero attached hydrogens (tertiary/aromatic N) is 2. The Morgan fingerprint density at radius 2 is 1.86 bits per heavy atom. The van der Waals surface area contributed by atoms with Gasteiger partial charge in [-0.1, -0.05) is 44.9 Å². The predicted octanol–water partition coefficient (Wildman–Crippen LogP) is 3.69. The summed E-state index contributed by atoms with van der Waals surface area (Å²) in [4.78, 5) is 0. The summed E-state index contributed by atoms with van der Waals surface area (Å²) in [5.74, 6) is 1.95. The fourth-order valence-corrected chi connectivity index (χ4v) is 4.52. The van der Waals surface area contributed by atoms with Crippen LogP contribution in [-0.2, 0) is 13.5 Å². The highest BCUT2D eigenvalue weighted by Gasteiger charge is 2.31. The molecule has 0 radical (unpaired) electrons. The molecule has 2 aliphatic rings. The molecule has 1 N–H and O–H groups in total. The van der Waals surface area contributed by atoms with Crippen LogP contribution in [0.2, 0.25) is 0 Å². The van der Waals surface area contributed by atoms with Crippen molar-refractivity contribution in [3.8, 4) is 0 Å². The molecular formula is C18H31N3. The minimum Gasteiger partial charge on any atom is -0.313 e. The van der Waals surface area contributed by atoms with Crippen molar-refractivity contribution in [2.24, 2.45) is 18.9 Å². The Labute approximate surface area is 129 Å². The molecule has 2 atom stereocenters. The molecule has 2 unspecified atom stereocenters. The van der Waals surface area contributed by atoms with Crippen molar-refractivity contribution in [2.45, 2.75) is 70.3 Å². The van der Waals surface area contributed by atoms with Gasteiger partial charge in [-0.2, -0.15) is 5.10 Å². The van der Waals surface area contributed by atoms with E-state index in [4.69, 9.17) is 0 Å². The monoisotopic (exact) mass is 289 g/mol. The summed E-state index contributed by atoms with van der Waals surface area (Å²) in [6, 6.07) is 2.91. The smallest absolute Gasteiger partial charge is 0.0637 e. The van der Waals surface area contributed by atoms with E-state index in [1.54, 1.807) is 0 Å². The molecule has 2 saturated carbocycles. The van der Waals surface area contributed by atoms with Gasteiger partial charge in [-0.15, -0.1) is 0 Å². The van der Waals surface area contributed by atoms with Crippen molar-refractivity contribution in [3.63, 3.8) is 0 Å². The Morgan fingerprint density at radius 1 is 1.10 bits per heavy atom. The van der Waals surface area contributed by atoms with E-state index in [-0.39, 0.29) is 0 Å². The summed E-state index contributed by atoms with van der Waals surface area (Å²) in [7, 11) is 2.00. The van der Waals surface area contributed by atoms with E-state index in [2.05, 4.69) is 16.5 Å². The van der Waals surface area contributed by atoms with Gasteiger partial charge >= 0.3 is 0 Å². The van der Waals surface area contributed by atoms with Crippen LogP contribution in [0.4, 0.5) is 0 Å². The van der Waals surface area contributed by atoms with Gasteiger partial charge in [0.15, 0.2) is 0 Å². The van der Waals surface area contributed by atoms with Crippen LogP contribution >= 0.6 is 0 Å². The lowest BCUT2D eigenvalue weighted by atomic mass is 9.71. The van der Waals surface area contributed by atoms with Crippen LogP contribution in [0.3, 0.4) is 0 Å². The lowest BCUT2D eigenvalue weighted by Crippen LogP contribution is -2.43. The topological polar surface area (TPSA) is 29.9 Å². The van der Waals surface area contributed by atoms with E-state index in [0.29, 0.717) is 0 Å². The maximum Gasteiger partial charge on any atom is 0.0637 e. The first-order chi connectivity index (χ1) is 10.3. The number of hydrogen-bond acceptors (Lipinski definition) is 2. The van der Waals surface area contributed by atoms with E-state index >= 15 is 0 Å². The van der Waals surface area contributed by atoms with Crippen LogP contribution in [0.15, 0.2) is 12.3 Å². The minimum atomic E-state index is 0.769. The lowest BCUT2D eigenvalue weighted by Gasteiger charge is -2.39. The zero-order valence-corrected chi connectivity index (χ0v) is 13.6. The first-order valence-electron chi connectivity index (χ1n) is 9.05. The maximum atomic E-state index is 4.48. The Balaban J connectivity index is 1.49. The lowest BCUT2D eigenvalue weighted by molar-refractivity contribution is 0.150. The van der Waals surface area contributed by atoms with E-state index < -0.39 is 0 Å². The van der Waals surface area contributed by atoms with Gasteiger partial charge in [-0.3, -0.25) is 4.68 Å². The molecule has 0 saturated heterocycles. The van der Waals surface area contributed by atoms with Crippen LogP contribution in [0, 0.1) is 11.8 Å². The second-order valence-electron chi connectivity index (χ2n) is 7.14. The quantitative estimate of drug-likeness (QED) is 0.896. The largest absolute Gasteiger partial charge is 0.313 e. The number of rotatable bonds is 5. The normalized spacial score (nSPS) is 27.9. The molecule has 21 heavy (non-hydrogen) atoms. The SMILES string of the molecule is Cn1ccc(CCNC2CCCCC2C2CCCCC2)n1. The van der Waals surface area contributed by atoms with E-state index in [0.717, 1.165) is 30.8 Å². The van der Waals surface area contributed by atoms with Gasteiger partial charge in [0.05, 0.1) is 5.69 Å². The van der Waals surface area contributed by atoms with Crippen molar-refractivity contribution in [2.75, 3.05) is 6.54 Å². The van der Waals surface area contributed by atoms with Crippen LogP contribution in [0.25, 0.3) is 0 Å². The first kappa shape index (κ1) is 15.1. The molecule has 0 amide bonds. The van der Waals surface area contributed by atoms with Crippen molar-refractivity contribution in [1.82, 2.24) is 15.1 Å². The first-order valence-corrected chi connectivity index (χ1v) is 9.05. The maximum absolute atomic E-state index is 4.48. The molecule has 118 valence electrons. The fraction of sp³-hybridized carbons (Fsp3) is 0.833. The van der Waals surface area contributed by atoms with Crippen LogP contribution in [0.5, 0.6) is 0 Å². The second-order valence-corrected chi connectivity index (χ2v) is 7.14. The Morgan fingerprint density at radius 3 is 2.62 bits per heavy atom. The molecule has 1 aromatic heterocycles. The summed E-state index contributed by atoms with van der Waals surface area (Å²) in [6.45, 7) is 1.09. The molecule has 2 fully saturated rings. The van der Waals surface area contributed by atoms with Crippen molar-refractivity contribution < 1.29 is 0 Å². The molecule has 1 heterocycles. The van der Waals surface area contributed by atoms with Crippen LogP contribution in [-0.4, -0.2) is 22.4 Å². The molecule has 0 bridgehead atoms. The Hall–Kier alpha value is -0.830. The number of hydrogen-bond donors (Lipinski definition) is 1. The summed E-state index contributed by atoms with van der Waals surface area (Å²) in [5, 5.41) is 8.36.